The smallest absolute Gasteiger partial charge is 0.244 e. The molecular weight excluding hydrogens is 266 g/mol. The van der Waals surface area contributed by atoms with Gasteiger partial charge in [-0.15, -0.1) is 0 Å². The fourth-order valence-corrected chi connectivity index (χ4v) is 2.11. The highest BCUT2D eigenvalue weighted by atomic mass is 16.5. The molecule has 0 saturated heterocycles. The Morgan fingerprint density at radius 1 is 1.29 bits per heavy atom. The van der Waals surface area contributed by atoms with Crippen molar-refractivity contribution in [1.82, 2.24) is 20.1 Å². The number of nitrogens with zero attached hydrogens (tertiary/aromatic N) is 3. The number of nitrogens with one attached hydrogen (secondary N) is 1. The summed E-state index contributed by atoms with van der Waals surface area (Å²) >= 11 is 0. The van der Waals surface area contributed by atoms with Gasteiger partial charge in [0.05, 0.1) is 12.4 Å². The number of aromatic nitrogens is 4. The van der Waals surface area contributed by atoms with Crippen LogP contribution >= 0.6 is 0 Å². The van der Waals surface area contributed by atoms with E-state index in [4.69, 9.17) is 10.3 Å². The number of hydrogen-bond donors (Lipinski definition) is 2. The van der Waals surface area contributed by atoms with Gasteiger partial charge in [0.15, 0.2) is 0 Å². The lowest BCUT2D eigenvalue weighted by Crippen LogP contribution is -2.13. The van der Waals surface area contributed by atoms with E-state index in [-0.39, 0.29) is 6.04 Å². The van der Waals surface area contributed by atoms with E-state index in [1.807, 2.05) is 12.1 Å². The van der Waals surface area contributed by atoms with Crippen LogP contribution in [0, 0.1) is 0 Å². The van der Waals surface area contributed by atoms with Gasteiger partial charge in [-0.25, -0.2) is 4.98 Å². The van der Waals surface area contributed by atoms with Gasteiger partial charge in [0, 0.05) is 23.9 Å². The minimum Gasteiger partial charge on any atom is -0.348 e. The Morgan fingerprint density at radius 2 is 2.10 bits per heavy atom. The van der Waals surface area contributed by atoms with Gasteiger partial charge >= 0.3 is 0 Å². The number of rotatable bonds is 5. The van der Waals surface area contributed by atoms with Gasteiger partial charge in [0.2, 0.25) is 11.7 Å². The van der Waals surface area contributed by atoms with Crippen molar-refractivity contribution in [3.05, 3.63) is 53.9 Å². The standard InChI is InChI=1S/C15H17N5O/c1-2-10-3-5-11(6-4-10)14-19-15(21-20-14)13(16)7-12-8-17-9-18-12/h3-6,8-9,13H,2,7,16H2,1H3,(H,17,18)/t13-/m1/s1. The van der Waals surface area contributed by atoms with Crippen LogP contribution in [0.3, 0.4) is 0 Å². The zero-order valence-corrected chi connectivity index (χ0v) is 11.8. The Bertz CT molecular complexity index is 687. The van der Waals surface area contributed by atoms with Crippen molar-refractivity contribution >= 4 is 0 Å². The lowest BCUT2D eigenvalue weighted by atomic mass is 10.1. The first kappa shape index (κ1) is 13.5. The fraction of sp³-hybridized carbons (Fsp3) is 0.267. The number of benzene rings is 1. The summed E-state index contributed by atoms with van der Waals surface area (Å²) in [4.78, 5) is 11.3. The molecule has 0 fully saturated rings. The molecule has 3 aromatic rings. The summed E-state index contributed by atoms with van der Waals surface area (Å²) < 4.78 is 5.27. The number of aromatic amines is 1. The maximum atomic E-state index is 6.08. The van der Waals surface area contributed by atoms with Crippen molar-refractivity contribution in [2.75, 3.05) is 0 Å². The van der Waals surface area contributed by atoms with Crippen LogP contribution < -0.4 is 5.73 Å². The number of nitrogens with two attached hydrogens (primary N) is 1. The molecule has 0 aliphatic heterocycles. The van der Waals surface area contributed by atoms with Crippen molar-refractivity contribution in [1.29, 1.82) is 0 Å². The Labute approximate surface area is 122 Å². The summed E-state index contributed by atoms with van der Waals surface area (Å²) in [6.07, 6.45) is 4.94. The molecule has 0 unspecified atom stereocenters. The van der Waals surface area contributed by atoms with Gasteiger partial charge in [0.1, 0.15) is 0 Å². The first-order chi connectivity index (χ1) is 10.3. The van der Waals surface area contributed by atoms with E-state index >= 15 is 0 Å². The molecule has 1 atom stereocenters. The Morgan fingerprint density at radius 3 is 2.76 bits per heavy atom. The van der Waals surface area contributed by atoms with Crippen LogP contribution in [0.2, 0.25) is 0 Å². The van der Waals surface area contributed by atoms with Crippen molar-refractivity contribution in [2.45, 2.75) is 25.8 Å². The van der Waals surface area contributed by atoms with E-state index in [9.17, 15) is 0 Å². The highest BCUT2D eigenvalue weighted by molar-refractivity contribution is 5.54. The predicted octanol–water partition coefficient (Wildman–Crippen LogP) is 2.26. The second kappa shape index (κ2) is 5.88. The Kier molecular flexibility index (Phi) is 3.79. The molecule has 0 spiro atoms. The fourth-order valence-electron chi connectivity index (χ4n) is 2.11. The van der Waals surface area contributed by atoms with Crippen LogP contribution in [0.5, 0.6) is 0 Å². The van der Waals surface area contributed by atoms with Gasteiger partial charge in [-0.05, 0) is 12.0 Å². The molecule has 6 heteroatoms. The molecule has 0 amide bonds. The first-order valence-corrected chi connectivity index (χ1v) is 6.92. The number of imidazole rings is 1. The van der Waals surface area contributed by atoms with Crippen LogP contribution in [0.25, 0.3) is 11.4 Å². The van der Waals surface area contributed by atoms with E-state index in [1.54, 1.807) is 12.5 Å². The average Bonchev–Trinajstić information content (AvgIpc) is 3.18. The molecule has 108 valence electrons. The van der Waals surface area contributed by atoms with Gasteiger partial charge in [-0.2, -0.15) is 4.98 Å². The minimum absolute atomic E-state index is 0.346. The average molecular weight is 283 g/mol. The summed E-state index contributed by atoms with van der Waals surface area (Å²) in [5.74, 6) is 0.992. The normalized spacial score (nSPS) is 12.5. The third-order valence-electron chi connectivity index (χ3n) is 3.37. The molecule has 2 aromatic heterocycles. The first-order valence-electron chi connectivity index (χ1n) is 6.92. The SMILES string of the molecule is CCc1ccc(-c2noc([C@H](N)Cc3cnc[nH]3)n2)cc1. The zero-order valence-electron chi connectivity index (χ0n) is 11.8. The van der Waals surface area contributed by atoms with Crippen molar-refractivity contribution in [3.8, 4) is 11.4 Å². The molecule has 0 radical (unpaired) electrons. The summed E-state index contributed by atoms with van der Waals surface area (Å²) in [7, 11) is 0. The van der Waals surface area contributed by atoms with Crippen LogP contribution in [-0.4, -0.2) is 20.1 Å². The largest absolute Gasteiger partial charge is 0.348 e. The maximum absolute atomic E-state index is 6.08. The van der Waals surface area contributed by atoms with E-state index in [0.717, 1.165) is 17.7 Å². The molecular formula is C15H17N5O. The quantitative estimate of drug-likeness (QED) is 0.749. The van der Waals surface area contributed by atoms with Gasteiger partial charge in [-0.1, -0.05) is 36.3 Å². The predicted molar refractivity (Wildman–Crippen MR) is 78.3 cm³/mol. The molecule has 21 heavy (non-hydrogen) atoms. The van der Waals surface area contributed by atoms with Crippen molar-refractivity contribution in [3.63, 3.8) is 0 Å². The van der Waals surface area contributed by atoms with E-state index in [0.29, 0.717) is 18.1 Å². The second-order valence-corrected chi connectivity index (χ2v) is 4.89. The van der Waals surface area contributed by atoms with Crippen molar-refractivity contribution < 1.29 is 4.52 Å². The maximum Gasteiger partial charge on any atom is 0.244 e. The van der Waals surface area contributed by atoms with Crippen LogP contribution in [0.15, 0.2) is 41.3 Å². The monoisotopic (exact) mass is 283 g/mol. The molecule has 3 rings (SSSR count). The lowest BCUT2D eigenvalue weighted by molar-refractivity contribution is 0.354. The van der Waals surface area contributed by atoms with Gasteiger partial charge in [0.25, 0.3) is 0 Å². The van der Waals surface area contributed by atoms with E-state index < -0.39 is 0 Å². The topological polar surface area (TPSA) is 93.6 Å². The van der Waals surface area contributed by atoms with Crippen LogP contribution in [0.4, 0.5) is 0 Å². The van der Waals surface area contributed by atoms with Crippen LogP contribution in [0.1, 0.15) is 30.1 Å². The molecule has 0 aliphatic rings. The third-order valence-corrected chi connectivity index (χ3v) is 3.37. The summed E-state index contributed by atoms with van der Waals surface area (Å²) in [5.41, 5.74) is 9.22. The van der Waals surface area contributed by atoms with E-state index in [1.165, 1.54) is 5.56 Å². The lowest BCUT2D eigenvalue weighted by Gasteiger charge is -2.03. The number of H-pyrrole nitrogens is 1. The Hall–Kier alpha value is -2.47. The van der Waals surface area contributed by atoms with Gasteiger partial charge in [-0.3, -0.25) is 0 Å². The number of hydrogen-bond acceptors (Lipinski definition) is 5. The summed E-state index contributed by atoms with van der Waals surface area (Å²) in [6, 6.07) is 7.77. The highest BCUT2D eigenvalue weighted by Gasteiger charge is 2.16. The summed E-state index contributed by atoms with van der Waals surface area (Å²) in [6.45, 7) is 2.12. The number of aryl methyl sites for hydroxylation is 1. The molecule has 2 heterocycles. The Balaban J connectivity index is 1.75. The summed E-state index contributed by atoms with van der Waals surface area (Å²) in [5, 5.41) is 4.00. The zero-order chi connectivity index (χ0) is 14.7. The minimum atomic E-state index is -0.346. The highest BCUT2D eigenvalue weighted by Crippen LogP contribution is 2.20. The molecule has 3 N–H and O–H groups in total. The molecule has 1 aromatic carbocycles. The van der Waals surface area contributed by atoms with E-state index in [2.05, 4.69) is 39.2 Å². The molecule has 6 nitrogen and oxygen atoms in total. The molecule has 0 bridgehead atoms. The van der Waals surface area contributed by atoms with Crippen LogP contribution in [-0.2, 0) is 12.8 Å². The third kappa shape index (κ3) is 3.00. The van der Waals surface area contributed by atoms with Gasteiger partial charge < -0.3 is 15.2 Å². The van der Waals surface area contributed by atoms with Crippen molar-refractivity contribution in [2.24, 2.45) is 5.73 Å². The molecule has 0 aliphatic carbocycles. The molecule has 0 saturated carbocycles. The second-order valence-electron chi connectivity index (χ2n) is 4.89.